The molecule has 1 aliphatic heterocycles. The van der Waals surface area contributed by atoms with E-state index < -0.39 is 0 Å². The third-order valence-corrected chi connectivity index (χ3v) is 4.24. The van der Waals surface area contributed by atoms with Crippen molar-refractivity contribution >= 4 is 5.69 Å². The molecule has 0 bridgehead atoms. The molecule has 0 radical (unpaired) electrons. The molecular weight excluding hydrogens is 232 g/mol. The number of nitrogens with zero attached hydrogens (tertiary/aromatic N) is 1. The Morgan fingerprint density at radius 2 is 2.11 bits per heavy atom. The van der Waals surface area contributed by atoms with Crippen molar-refractivity contribution in [3.63, 3.8) is 0 Å². The molecule has 0 amide bonds. The minimum Gasteiger partial charge on any atom is -0.371 e. The first-order valence-electron chi connectivity index (χ1n) is 7.71. The number of rotatable bonds is 6. The van der Waals surface area contributed by atoms with E-state index >= 15 is 0 Å². The van der Waals surface area contributed by atoms with Crippen LogP contribution in [0.15, 0.2) is 24.3 Å². The molecule has 2 atom stereocenters. The lowest BCUT2D eigenvalue weighted by Crippen LogP contribution is -2.35. The zero-order valence-electron chi connectivity index (χ0n) is 12.7. The van der Waals surface area contributed by atoms with Gasteiger partial charge in [0.1, 0.15) is 0 Å². The van der Waals surface area contributed by atoms with E-state index in [-0.39, 0.29) is 0 Å². The Morgan fingerprint density at radius 3 is 2.89 bits per heavy atom. The summed E-state index contributed by atoms with van der Waals surface area (Å²) in [6.45, 7) is 7.06. The fourth-order valence-electron chi connectivity index (χ4n) is 3.02. The van der Waals surface area contributed by atoms with Crippen molar-refractivity contribution in [3.05, 3.63) is 29.8 Å². The maximum absolute atomic E-state index is 3.31. The summed E-state index contributed by atoms with van der Waals surface area (Å²) in [5.41, 5.74) is 3.01. The van der Waals surface area contributed by atoms with Crippen LogP contribution in [0, 0.1) is 5.92 Å². The highest BCUT2D eigenvalue weighted by Gasteiger charge is 2.20. The maximum atomic E-state index is 3.31. The number of unbranched alkanes of at least 4 members (excludes halogenated alkanes) is 1. The molecule has 1 aromatic rings. The van der Waals surface area contributed by atoms with Gasteiger partial charge in [-0.2, -0.15) is 0 Å². The molecule has 19 heavy (non-hydrogen) atoms. The van der Waals surface area contributed by atoms with E-state index in [9.17, 15) is 0 Å². The lowest BCUT2D eigenvalue weighted by Gasteiger charge is -2.35. The molecule has 106 valence electrons. The van der Waals surface area contributed by atoms with E-state index in [0.717, 1.165) is 5.92 Å². The standard InChI is InChI=1S/C17H28N2/c1-14-12-16-9-4-5-10-17(16)19(13-14)11-7-6-8-15(2)18-3/h4-5,9-10,14-15,18H,6-8,11-13H2,1-3H3. The molecule has 0 aromatic heterocycles. The molecule has 1 aliphatic rings. The van der Waals surface area contributed by atoms with E-state index in [1.54, 1.807) is 0 Å². The van der Waals surface area contributed by atoms with Gasteiger partial charge in [-0.15, -0.1) is 0 Å². The first-order valence-corrected chi connectivity index (χ1v) is 7.71. The zero-order chi connectivity index (χ0) is 13.7. The van der Waals surface area contributed by atoms with Crippen molar-refractivity contribution < 1.29 is 0 Å². The van der Waals surface area contributed by atoms with Crippen LogP contribution in [0.5, 0.6) is 0 Å². The molecule has 1 aromatic carbocycles. The second kappa shape index (κ2) is 6.95. The van der Waals surface area contributed by atoms with Gasteiger partial charge in [-0.1, -0.05) is 31.5 Å². The highest BCUT2D eigenvalue weighted by atomic mass is 15.1. The second-order valence-electron chi connectivity index (χ2n) is 6.07. The predicted molar refractivity (Wildman–Crippen MR) is 83.9 cm³/mol. The van der Waals surface area contributed by atoms with Crippen LogP contribution in [0.1, 0.15) is 38.7 Å². The van der Waals surface area contributed by atoms with Crippen LogP contribution >= 0.6 is 0 Å². The van der Waals surface area contributed by atoms with Crippen LogP contribution < -0.4 is 10.2 Å². The highest BCUT2D eigenvalue weighted by Crippen LogP contribution is 2.29. The fourth-order valence-corrected chi connectivity index (χ4v) is 3.02. The molecule has 0 spiro atoms. The summed E-state index contributed by atoms with van der Waals surface area (Å²) in [7, 11) is 2.05. The molecule has 0 aliphatic carbocycles. The van der Waals surface area contributed by atoms with Gasteiger partial charge in [0.15, 0.2) is 0 Å². The monoisotopic (exact) mass is 260 g/mol. The van der Waals surface area contributed by atoms with E-state index in [0.29, 0.717) is 6.04 Å². The fraction of sp³-hybridized carbons (Fsp3) is 0.647. The largest absolute Gasteiger partial charge is 0.371 e. The number of fused-ring (bicyclic) bond motifs is 1. The van der Waals surface area contributed by atoms with Gasteiger partial charge in [0, 0.05) is 24.8 Å². The first kappa shape index (κ1) is 14.4. The van der Waals surface area contributed by atoms with Crippen LogP contribution in [-0.4, -0.2) is 26.2 Å². The van der Waals surface area contributed by atoms with Crippen LogP contribution in [0.25, 0.3) is 0 Å². The van der Waals surface area contributed by atoms with E-state index in [2.05, 4.69) is 48.3 Å². The SMILES string of the molecule is CNC(C)CCCCN1CC(C)Cc2ccccc21. The van der Waals surface area contributed by atoms with Gasteiger partial charge >= 0.3 is 0 Å². The summed E-state index contributed by atoms with van der Waals surface area (Å²) in [4.78, 5) is 2.59. The molecule has 0 saturated heterocycles. The number of hydrogen-bond donors (Lipinski definition) is 1. The number of hydrogen-bond acceptors (Lipinski definition) is 2. The Hall–Kier alpha value is -1.02. The summed E-state index contributed by atoms with van der Waals surface area (Å²) in [6, 6.07) is 9.57. The van der Waals surface area contributed by atoms with Crippen molar-refractivity contribution in [1.82, 2.24) is 5.32 Å². The summed E-state index contributed by atoms with van der Waals surface area (Å²) in [6.07, 6.45) is 5.13. The van der Waals surface area contributed by atoms with Gasteiger partial charge in [-0.3, -0.25) is 0 Å². The van der Waals surface area contributed by atoms with Crippen molar-refractivity contribution in [2.75, 3.05) is 25.0 Å². The topological polar surface area (TPSA) is 15.3 Å². The Kier molecular flexibility index (Phi) is 5.26. The molecule has 2 unspecified atom stereocenters. The molecule has 0 fully saturated rings. The highest BCUT2D eigenvalue weighted by molar-refractivity contribution is 5.55. The van der Waals surface area contributed by atoms with E-state index in [1.807, 2.05) is 7.05 Å². The summed E-state index contributed by atoms with van der Waals surface area (Å²) in [5.74, 6) is 0.783. The summed E-state index contributed by atoms with van der Waals surface area (Å²) in [5, 5.41) is 3.31. The van der Waals surface area contributed by atoms with Crippen LogP contribution in [0.2, 0.25) is 0 Å². The Labute approximate surface area is 118 Å². The van der Waals surface area contributed by atoms with E-state index in [4.69, 9.17) is 0 Å². The van der Waals surface area contributed by atoms with Gasteiger partial charge in [0.25, 0.3) is 0 Å². The lowest BCUT2D eigenvalue weighted by atomic mass is 9.93. The lowest BCUT2D eigenvalue weighted by molar-refractivity contribution is 0.499. The van der Waals surface area contributed by atoms with Crippen molar-refractivity contribution in [2.45, 2.75) is 45.6 Å². The maximum Gasteiger partial charge on any atom is 0.0398 e. The van der Waals surface area contributed by atoms with Crippen molar-refractivity contribution in [3.8, 4) is 0 Å². The first-order chi connectivity index (χ1) is 9.20. The Morgan fingerprint density at radius 1 is 1.32 bits per heavy atom. The van der Waals surface area contributed by atoms with Gasteiger partial charge in [-0.05, 0) is 50.8 Å². The third-order valence-electron chi connectivity index (χ3n) is 4.24. The molecule has 1 N–H and O–H groups in total. The average molecular weight is 260 g/mol. The Bertz CT molecular complexity index is 389. The van der Waals surface area contributed by atoms with Gasteiger partial charge in [0.2, 0.25) is 0 Å². The van der Waals surface area contributed by atoms with Crippen LogP contribution in [0.4, 0.5) is 5.69 Å². The third kappa shape index (κ3) is 3.97. The average Bonchev–Trinajstić information content (AvgIpc) is 2.42. The molecule has 0 saturated carbocycles. The summed E-state index contributed by atoms with van der Waals surface area (Å²) < 4.78 is 0. The molecule has 2 nitrogen and oxygen atoms in total. The van der Waals surface area contributed by atoms with Crippen molar-refractivity contribution in [2.24, 2.45) is 5.92 Å². The smallest absolute Gasteiger partial charge is 0.0398 e. The molecule has 2 heteroatoms. The molecule has 1 heterocycles. The van der Waals surface area contributed by atoms with Crippen LogP contribution in [-0.2, 0) is 6.42 Å². The molecular formula is C17H28N2. The second-order valence-corrected chi connectivity index (χ2v) is 6.07. The van der Waals surface area contributed by atoms with Gasteiger partial charge in [-0.25, -0.2) is 0 Å². The van der Waals surface area contributed by atoms with Crippen molar-refractivity contribution in [1.29, 1.82) is 0 Å². The van der Waals surface area contributed by atoms with Gasteiger partial charge < -0.3 is 10.2 Å². The Balaban J connectivity index is 1.87. The van der Waals surface area contributed by atoms with Gasteiger partial charge in [0.05, 0.1) is 0 Å². The number of anilines is 1. The van der Waals surface area contributed by atoms with E-state index in [1.165, 1.54) is 50.0 Å². The number of para-hydroxylation sites is 1. The molecule has 2 rings (SSSR count). The zero-order valence-corrected chi connectivity index (χ0v) is 12.7. The normalized spacial score (nSPS) is 20.2. The summed E-state index contributed by atoms with van der Waals surface area (Å²) >= 11 is 0. The minimum atomic E-state index is 0.646. The number of benzene rings is 1. The van der Waals surface area contributed by atoms with Crippen LogP contribution in [0.3, 0.4) is 0 Å². The quantitative estimate of drug-likeness (QED) is 0.788. The predicted octanol–water partition coefficient (Wildman–Crippen LogP) is 3.46. The minimum absolute atomic E-state index is 0.646. The number of nitrogens with one attached hydrogen (secondary N) is 1.